The molecule has 11 N–H and O–H groups in total. The molecule has 1 aliphatic heterocycles. The number of nitrogens with zero attached hydrogens (tertiary/aromatic N) is 3. The van der Waals surface area contributed by atoms with Gasteiger partial charge in [0.15, 0.2) is 5.82 Å². The standard InChI is InChI=1S/C43H59IN11O9.Y/c1-54-31(25-50-38-37(54)40(60)53-43(46)52-38)24-48-30-17-13-28(14-18-30)39(59)51-32(41(61)62)19-20-35(57)49-26-36(58)55(23-7-5-21-45)33(42(63)64)9-4-6-22-47-34(56)10-3-2-8-27-11-15-29(44)16-12-27;/h11-18,31-33,45,48H,2-10,19-26H2,1H3,(H,47,56)(H,49,57)(H,51,59)(H,61,62)(H,63,64)(H4,46,50,52,53,60);/q-1;. The molecule has 3 unspecified atom stereocenters. The monoisotopic (exact) mass is 1090 g/mol. The molecule has 3 aromatic rings. The van der Waals surface area contributed by atoms with Crippen LogP contribution in [-0.2, 0) is 63.1 Å². The second kappa shape index (κ2) is 28.2. The Morgan fingerprint density at radius 2 is 1.63 bits per heavy atom. The minimum Gasteiger partial charge on any atom is -0.677 e. The van der Waals surface area contributed by atoms with Crippen molar-refractivity contribution in [2.75, 3.05) is 67.6 Å². The summed E-state index contributed by atoms with van der Waals surface area (Å²) in [5.74, 6) is -4.23. The van der Waals surface area contributed by atoms with Crippen LogP contribution in [0.5, 0.6) is 0 Å². The molecule has 0 saturated carbocycles. The van der Waals surface area contributed by atoms with E-state index in [1.807, 2.05) is 0 Å². The molecule has 22 heteroatoms. The van der Waals surface area contributed by atoms with Gasteiger partial charge in [-0.2, -0.15) is 11.5 Å². The van der Waals surface area contributed by atoms with Gasteiger partial charge in [0.2, 0.25) is 23.7 Å². The van der Waals surface area contributed by atoms with E-state index in [9.17, 15) is 43.8 Å². The maximum Gasteiger partial charge on any atom is 0.326 e. The Hall–Kier alpha value is -4.87. The quantitative estimate of drug-likeness (QED) is 0.0392. The van der Waals surface area contributed by atoms with E-state index in [0.717, 1.165) is 19.3 Å². The van der Waals surface area contributed by atoms with Gasteiger partial charge >= 0.3 is 11.9 Å². The molecule has 1 radical (unpaired) electrons. The van der Waals surface area contributed by atoms with Crippen LogP contribution in [-0.4, -0.2) is 125 Å². The van der Waals surface area contributed by atoms with Crippen LogP contribution >= 0.6 is 22.6 Å². The van der Waals surface area contributed by atoms with Crippen molar-refractivity contribution >= 4 is 81.3 Å². The number of H-pyrrole nitrogens is 1. The molecule has 65 heavy (non-hydrogen) atoms. The number of aryl methyl sites for hydroxylation is 1. The minimum atomic E-state index is -1.43. The van der Waals surface area contributed by atoms with E-state index >= 15 is 0 Å². The third kappa shape index (κ3) is 18.1. The van der Waals surface area contributed by atoms with Crippen molar-refractivity contribution < 1.29 is 71.7 Å². The van der Waals surface area contributed by atoms with Crippen LogP contribution in [0.4, 0.5) is 23.1 Å². The van der Waals surface area contributed by atoms with Gasteiger partial charge in [0.05, 0.1) is 12.6 Å². The number of anilines is 4. The van der Waals surface area contributed by atoms with Gasteiger partial charge in [-0.3, -0.25) is 29.0 Å². The summed E-state index contributed by atoms with van der Waals surface area (Å²) < 4.78 is 1.17. The number of fused-ring (bicyclic) bond motifs is 1. The number of amides is 4. The second-order valence-corrected chi connectivity index (χ2v) is 16.8. The number of nitrogen functional groups attached to an aromatic ring is 1. The van der Waals surface area contributed by atoms with Gasteiger partial charge in [-0.25, -0.2) is 9.59 Å². The molecule has 4 amide bonds. The van der Waals surface area contributed by atoms with Crippen molar-refractivity contribution in [1.82, 2.24) is 30.8 Å². The third-order valence-corrected chi connectivity index (χ3v) is 11.5. The Morgan fingerprint density at radius 1 is 0.923 bits per heavy atom. The van der Waals surface area contributed by atoms with Crippen molar-refractivity contribution in [3.05, 3.63) is 79.3 Å². The topological polar surface area (TPSA) is 305 Å². The smallest absolute Gasteiger partial charge is 0.326 e. The number of nitrogens with two attached hydrogens (primary N) is 1. The zero-order valence-electron chi connectivity index (χ0n) is 36.5. The second-order valence-electron chi connectivity index (χ2n) is 15.5. The summed E-state index contributed by atoms with van der Waals surface area (Å²) >= 11 is 2.26. The van der Waals surface area contributed by atoms with Crippen LogP contribution in [0.3, 0.4) is 0 Å². The van der Waals surface area contributed by atoms with Gasteiger partial charge < -0.3 is 58.1 Å². The van der Waals surface area contributed by atoms with Gasteiger partial charge in [0, 0.05) is 93.6 Å². The number of halogens is 1. The van der Waals surface area contributed by atoms with Crippen LogP contribution in [0, 0.1) is 3.57 Å². The van der Waals surface area contributed by atoms with E-state index in [1.165, 1.54) is 26.2 Å². The van der Waals surface area contributed by atoms with Gasteiger partial charge in [0.25, 0.3) is 11.5 Å². The summed E-state index contributed by atoms with van der Waals surface area (Å²) in [5, 5.41) is 34.0. The third-order valence-electron chi connectivity index (χ3n) is 10.8. The molecule has 1 aromatic heterocycles. The summed E-state index contributed by atoms with van der Waals surface area (Å²) in [7, 11) is 1.77. The first kappa shape index (κ1) is 54.5. The zero-order valence-corrected chi connectivity index (χ0v) is 41.5. The van der Waals surface area contributed by atoms with Crippen LogP contribution in [0.15, 0.2) is 53.3 Å². The van der Waals surface area contributed by atoms with Gasteiger partial charge in [-0.05, 0) is 116 Å². The van der Waals surface area contributed by atoms with Crippen molar-refractivity contribution in [3.8, 4) is 0 Å². The van der Waals surface area contributed by atoms with Crippen LogP contribution < -0.4 is 42.8 Å². The average molecular weight is 1090 g/mol. The van der Waals surface area contributed by atoms with Gasteiger partial charge in [-0.1, -0.05) is 18.6 Å². The van der Waals surface area contributed by atoms with Crippen molar-refractivity contribution in [2.45, 2.75) is 88.8 Å². The van der Waals surface area contributed by atoms with Crippen molar-refractivity contribution in [3.63, 3.8) is 0 Å². The van der Waals surface area contributed by atoms with Crippen LogP contribution in [0.2, 0.25) is 0 Å². The molecular formula is C43H59IN11O9Y-. The molecule has 0 fully saturated rings. The molecule has 0 bridgehead atoms. The summed E-state index contributed by atoms with van der Waals surface area (Å²) in [5.41, 5.74) is 15.2. The molecule has 4 rings (SSSR count). The number of carboxylic acid groups (broad SMARTS) is 2. The molecule has 2 heterocycles. The Morgan fingerprint density at radius 3 is 2.31 bits per heavy atom. The fraction of sp³-hybridized carbons (Fsp3) is 0.488. The van der Waals surface area contributed by atoms with E-state index in [0.29, 0.717) is 68.9 Å². The van der Waals surface area contributed by atoms with Crippen molar-refractivity contribution in [1.29, 1.82) is 0 Å². The van der Waals surface area contributed by atoms with Crippen LogP contribution in [0.1, 0.15) is 80.1 Å². The first-order valence-electron chi connectivity index (χ1n) is 21.4. The molecule has 351 valence electrons. The molecule has 2 aromatic carbocycles. The molecular weight excluding hydrogens is 1030 g/mol. The summed E-state index contributed by atoms with van der Waals surface area (Å²) in [6, 6.07) is 11.8. The Labute approximate surface area is 416 Å². The summed E-state index contributed by atoms with van der Waals surface area (Å²) in [4.78, 5) is 97.9. The molecule has 20 nitrogen and oxygen atoms in total. The van der Waals surface area contributed by atoms with E-state index in [4.69, 9.17) is 11.5 Å². The minimum absolute atomic E-state index is 0. The predicted molar refractivity (Wildman–Crippen MR) is 251 cm³/mol. The van der Waals surface area contributed by atoms with Gasteiger partial charge in [0.1, 0.15) is 17.8 Å². The Bertz CT molecular complexity index is 2110. The number of likely N-dealkylation sites (N-methyl/N-ethyl adjacent to an activating group) is 1. The number of carboxylic acids is 2. The largest absolute Gasteiger partial charge is 0.677 e. The maximum atomic E-state index is 13.3. The number of nitrogens with one attached hydrogen (secondary N) is 7. The van der Waals surface area contributed by atoms with E-state index in [-0.39, 0.29) is 94.1 Å². The maximum absolute atomic E-state index is 13.3. The number of unbranched alkanes of at least 4 members (excludes halogenated alkanes) is 3. The van der Waals surface area contributed by atoms with E-state index in [1.54, 1.807) is 24.1 Å². The average Bonchev–Trinajstić information content (AvgIpc) is 3.26. The Balaban J connectivity index is 0.0000112. The zero-order chi connectivity index (χ0) is 46.6. The first-order valence-corrected chi connectivity index (χ1v) is 22.4. The van der Waals surface area contributed by atoms with E-state index < -0.39 is 48.3 Å². The number of benzene rings is 2. The normalized spacial score (nSPS) is 13.8. The number of hydrogen-bond acceptors (Lipinski definition) is 12. The molecule has 0 saturated heterocycles. The Kier molecular flexibility index (Phi) is 23.7. The number of hydrogen-bond donors (Lipinski definition) is 9. The number of carbonyl (C=O) groups is 6. The first-order chi connectivity index (χ1) is 30.7. The number of carbonyl (C=O) groups excluding carboxylic acids is 4. The summed E-state index contributed by atoms with van der Waals surface area (Å²) in [6.07, 6.45) is 4.12. The van der Waals surface area contributed by atoms with E-state index in [2.05, 4.69) is 83.4 Å². The summed E-state index contributed by atoms with van der Waals surface area (Å²) in [6.45, 7) is 0.902. The SMILES string of the molecule is CN1c2c(nc(N)[nH]c2=O)NCC1CNc1ccc(C(=O)NC(CCC(=O)NCC(=O)N(CCCC[NH-])C(CCCCNC(=O)CCCCc2ccc(I)cc2)C(=O)O)C(=O)O)cc1.[Y]. The van der Waals surface area contributed by atoms with Crippen molar-refractivity contribution in [2.24, 2.45) is 0 Å². The number of aromatic nitrogens is 2. The van der Waals surface area contributed by atoms with Crippen LogP contribution in [0.25, 0.3) is 5.73 Å². The fourth-order valence-electron chi connectivity index (χ4n) is 7.11. The predicted octanol–water partition coefficient (Wildman–Crippen LogP) is 3.19. The molecule has 1 aliphatic rings. The molecule has 3 atom stereocenters. The fourth-order valence-corrected chi connectivity index (χ4v) is 7.47. The number of rotatable bonds is 27. The van der Waals surface area contributed by atoms with Gasteiger partial charge in [-0.15, -0.1) is 0 Å². The molecule has 0 spiro atoms. The number of aliphatic carboxylic acids is 2. The number of aromatic amines is 1. The molecule has 0 aliphatic carbocycles.